The van der Waals surface area contributed by atoms with Gasteiger partial charge in [0.15, 0.2) is 0 Å². The Kier molecular flexibility index (Phi) is 11.4. The number of pyridine rings is 1. The number of nitrogens with one attached hydrogen (secondary N) is 1. The van der Waals surface area contributed by atoms with Crippen molar-refractivity contribution in [3.63, 3.8) is 0 Å². The smallest absolute Gasteiger partial charge is 0.227 e. The quantitative estimate of drug-likeness (QED) is 0.236. The van der Waals surface area contributed by atoms with E-state index in [1.54, 1.807) is 0 Å². The molecule has 198 valence electrons. The molecule has 1 aliphatic rings. The van der Waals surface area contributed by atoms with Gasteiger partial charge in [0.05, 0.1) is 12.3 Å². The molecule has 2 unspecified atom stereocenters. The molecule has 0 fully saturated rings. The summed E-state index contributed by atoms with van der Waals surface area (Å²) in [6.45, 7) is 3.43. The molecule has 3 aromatic rings. The number of aromatic nitrogens is 1. The molecule has 0 amide bonds. The molecule has 2 atom stereocenters. The van der Waals surface area contributed by atoms with Crippen LogP contribution in [0.3, 0.4) is 0 Å². The lowest BCUT2D eigenvalue weighted by Crippen LogP contribution is -2.24. The highest BCUT2D eigenvalue weighted by atomic mass is 16.7. The van der Waals surface area contributed by atoms with Crippen molar-refractivity contribution in [1.82, 2.24) is 10.3 Å². The molecule has 0 saturated carbocycles. The molecule has 2 N–H and O–H groups in total. The lowest BCUT2D eigenvalue weighted by molar-refractivity contribution is -0.113. The summed E-state index contributed by atoms with van der Waals surface area (Å²) in [6, 6.07) is 24.2. The van der Waals surface area contributed by atoms with Crippen LogP contribution in [0, 0.1) is 0 Å². The molecule has 0 spiro atoms. The number of hydrogen-bond acceptors (Lipinski definition) is 6. The van der Waals surface area contributed by atoms with Gasteiger partial charge in [0.25, 0.3) is 0 Å². The first-order chi connectivity index (χ1) is 18.3. The van der Waals surface area contributed by atoms with Crippen LogP contribution < -0.4 is 10.1 Å². The minimum atomic E-state index is -0.660. The van der Waals surface area contributed by atoms with Crippen molar-refractivity contribution in [3.05, 3.63) is 95.3 Å². The van der Waals surface area contributed by atoms with Crippen LogP contribution >= 0.6 is 0 Å². The largest absolute Gasteiger partial charge is 0.459 e. The van der Waals surface area contributed by atoms with E-state index in [-0.39, 0.29) is 0 Å². The fourth-order valence-electron chi connectivity index (χ4n) is 4.41. The van der Waals surface area contributed by atoms with E-state index in [1.165, 1.54) is 18.4 Å². The van der Waals surface area contributed by atoms with Gasteiger partial charge >= 0.3 is 0 Å². The molecular formula is C31H40N2O4. The molecule has 2 heterocycles. The second-order valence-electron chi connectivity index (χ2n) is 9.54. The highest BCUT2D eigenvalue weighted by Gasteiger charge is 2.24. The molecule has 1 aromatic heterocycles. The van der Waals surface area contributed by atoms with Crippen LogP contribution in [0.5, 0.6) is 5.75 Å². The maximum atomic E-state index is 10.6. The van der Waals surface area contributed by atoms with Gasteiger partial charge in [-0.1, -0.05) is 73.5 Å². The van der Waals surface area contributed by atoms with Gasteiger partial charge in [0, 0.05) is 25.3 Å². The Morgan fingerprint density at radius 1 is 0.865 bits per heavy atom. The summed E-state index contributed by atoms with van der Waals surface area (Å²) in [5.41, 5.74) is 3.74. The molecule has 0 saturated heterocycles. The maximum Gasteiger partial charge on any atom is 0.227 e. The van der Waals surface area contributed by atoms with Crippen molar-refractivity contribution in [1.29, 1.82) is 0 Å². The molecule has 2 aromatic carbocycles. The van der Waals surface area contributed by atoms with Crippen molar-refractivity contribution >= 4 is 0 Å². The van der Waals surface area contributed by atoms with Gasteiger partial charge in [0.2, 0.25) is 6.29 Å². The van der Waals surface area contributed by atoms with Gasteiger partial charge in [-0.25, -0.2) is 4.98 Å². The molecule has 6 heteroatoms. The van der Waals surface area contributed by atoms with E-state index in [4.69, 9.17) is 14.2 Å². The Morgan fingerprint density at radius 2 is 1.59 bits per heavy atom. The molecule has 37 heavy (non-hydrogen) atoms. The van der Waals surface area contributed by atoms with E-state index >= 15 is 0 Å². The lowest BCUT2D eigenvalue weighted by atomic mass is 10.1. The van der Waals surface area contributed by atoms with Crippen LogP contribution in [0.4, 0.5) is 0 Å². The van der Waals surface area contributed by atoms with Crippen LogP contribution in [0.1, 0.15) is 73.4 Å². The maximum absolute atomic E-state index is 10.6. The second kappa shape index (κ2) is 15.5. The van der Waals surface area contributed by atoms with E-state index in [9.17, 15) is 5.11 Å². The fraction of sp³-hybridized carbons (Fsp3) is 0.452. The minimum Gasteiger partial charge on any atom is -0.459 e. The molecule has 6 nitrogen and oxygen atoms in total. The van der Waals surface area contributed by atoms with Crippen LogP contribution in [-0.4, -0.2) is 36.4 Å². The molecular weight excluding hydrogens is 464 g/mol. The number of unbranched alkanes of at least 4 members (excludes halogenated alkanes) is 4. The number of ether oxygens (including phenoxy) is 3. The van der Waals surface area contributed by atoms with Crippen LogP contribution in [0.25, 0.3) is 0 Å². The monoisotopic (exact) mass is 504 g/mol. The Morgan fingerprint density at radius 3 is 2.41 bits per heavy atom. The first-order valence-electron chi connectivity index (χ1n) is 13.6. The highest BCUT2D eigenvalue weighted by Crippen LogP contribution is 2.32. The number of hydrogen-bond donors (Lipinski definition) is 2. The van der Waals surface area contributed by atoms with Gasteiger partial charge < -0.3 is 24.6 Å². The van der Waals surface area contributed by atoms with Crippen molar-refractivity contribution < 1.29 is 19.3 Å². The molecule has 1 aliphatic heterocycles. The molecule has 4 rings (SSSR count). The van der Waals surface area contributed by atoms with E-state index < -0.39 is 12.4 Å². The number of fused-ring (bicyclic) bond motifs is 1. The summed E-state index contributed by atoms with van der Waals surface area (Å²) < 4.78 is 17.6. The van der Waals surface area contributed by atoms with Gasteiger partial charge in [0.1, 0.15) is 17.5 Å². The predicted octanol–water partition coefficient (Wildman–Crippen LogP) is 5.91. The van der Waals surface area contributed by atoms with Gasteiger partial charge in [-0.3, -0.25) is 0 Å². The van der Waals surface area contributed by atoms with Crippen LogP contribution in [0.15, 0.2) is 72.8 Å². The Hall–Kier alpha value is -2.77. The number of aliphatic hydroxyl groups is 1. The lowest BCUT2D eigenvalue weighted by Gasteiger charge is -2.26. The van der Waals surface area contributed by atoms with Gasteiger partial charge in [-0.15, -0.1) is 0 Å². The molecule has 0 bridgehead atoms. The third-order valence-electron chi connectivity index (χ3n) is 6.55. The topological polar surface area (TPSA) is 72.8 Å². The third-order valence-corrected chi connectivity index (χ3v) is 6.55. The Balaban J connectivity index is 1.01. The summed E-state index contributed by atoms with van der Waals surface area (Å²) in [4.78, 5) is 4.58. The van der Waals surface area contributed by atoms with Crippen LogP contribution in [-0.2, 0) is 22.5 Å². The normalized spacial score (nSPS) is 15.6. The van der Waals surface area contributed by atoms with Gasteiger partial charge in [-0.2, -0.15) is 0 Å². The number of nitrogens with zero attached hydrogens (tertiary/aromatic N) is 1. The summed E-state index contributed by atoms with van der Waals surface area (Å²) in [5, 5.41) is 13.9. The summed E-state index contributed by atoms with van der Waals surface area (Å²) in [7, 11) is 0. The first kappa shape index (κ1) is 27.3. The summed E-state index contributed by atoms with van der Waals surface area (Å²) >= 11 is 0. The van der Waals surface area contributed by atoms with Crippen molar-refractivity contribution in [2.24, 2.45) is 0 Å². The highest BCUT2D eigenvalue weighted by molar-refractivity contribution is 5.32. The first-order valence-corrected chi connectivity index (χ1v) is 13.6. The van der Waals surface area contributed by atoms with Crippen molar-refractivity contribution in [2.75, 3.05) is 26.3 Å². The van der Waals surface area contributed by atoms with E-state index in [2.05, 4.69) is 40.6 Å². The summed E-state index contributed by atoms with van der Waals surface area (Å²) in [6.07, 6.45) is 6.87. The molecule has 0 radical (unpaired) electrons. The Labute approximate surface area is 221 Å². The fourth-order valence-corrected chi connectivity index (χ4v) is 4.41. The zero-order valence-corrected chi connectivity index (χ0v) is 21.7. The number of aryl methyl sites for hydroxylation is 1. The average Bonchev–Trinajstić information content (AvgIpc) is 2.96. The number of rotatable bonds is 16. The number of benzene rings is 2. The minimum absolute atomic E-state index is 0.361. The van der Waals surface area contributed by atoms with E-state index in [0.29, 0.717) is 24.6 Å². The molecule has 0 aliphatic carbocycles. The SMILES string of the molecule is OC(CNCCCCCCOCCCCc1ccccc1)c1ccc2c(n1)COC(c1ccccc1)O2. The van der Waals surface area contributed by atoms with Gasteiger partial charge in [-0.05, 0) is 56.3 Å². The average molecular weight is 505 g/mol. The standard InChI is InChI=1S/C31H40N2O4/c34-29(27-18-19-30-28(33-27)24-36-31(37-30)26-16-7-4-8-17-26)23-32-20-10-1-2-11-21-35-22-12-9-15-25-13-5-3-6-14-25/h3-8,13-14,16-19,29,31-32,34H,1-2,9-12,15,20-24H2. The zero-order valence-electron chi connectivity index (χ0n) is 21.7. The van der Waals surface area contributed by atoms with Crippen molar-refractivity contribution in [3.8, 4) is 5.75 Å². The summed E-state index contributed by atoms with van der Waals surface area (Å²) in [5.74, 6) is 0.708. The zero-order chi connectivity index (χ0) is 25.5. The predicted molar refractivity (Wildman–Crippen MR) is 145 cm³/mol. The van der Waals surface area contributed by atoms with E-state index in [1.807, 2.05) is 42.5 Å². The Bertz CT molecular complexity index is 1030. The second-order valence-corrected chi connectivity index (χ2v) is 9.54. The van der Waals surface area contributed by atoms with E-state index in [0.717, 1.165) is 63.1 Å². The van der Waals surface area contributed by atoms with Crippen LogP contribution in [0.2, 0.25) is 0 Å². The van der Waals surface area contributed by atoms with Crippen molar-refractivity contribution in [2.45, 2.75) is 63.9 Å². The third kappa shape index (κ3) is 9.24. The number of aliphatic hydroxyl groups excluding tert-OH is 1.